The van der Waals surface area contributed by atoms with Gasteiger partial charge in [0.1, 0.15) is 11.6 Å². The van der Waals surface area contributed by atoms with Crippen molar-refractivity contribution in [3.63, 3.8) is 0 Å². The van der Waals surface area contributed by atoms with Crippen LogP contribution in [-0.4, -0.2) is 11.0 Å². The van der Waals surface area contributed by atoms with E-state index in [2.05, 4.69) is 19.2 Å². The number of nitro benzene ring substituents is 1. The second kappa shape index (κ2) is 5.49. The lowest BCUT2D eigenvalue weighted by molar-refractivity contribution is -0.385. The first-order chi connectivity index (χ1) is 9.44. The van der Waals surface area contributed by atoms with Gasteiger partial charge < -0.3 is 5.32 Å². The van der Waals surface area contributed by atoms with Crippen LogP contribution in [0.4, 0.5) is 11.4 Å². The van der Waals surface area contributed by atoms with Gasteiger partial charge in [0, 0.05) is 17.8 Å². The zero-order valence-electron chi connectivity index (χ0n) is 11.8. The van der Waals surface area contributed by atoms with E-state index in [4.69, 9.17) is 5.26 Å². The van der Waals surface area contributed by atoms with Gasteiger partial charge in [-0.15, -0.1) is 0 Å². The van der Waals surface area contributed by atoms with Gasteiger partial charge in [-0.05, 0) is 30.4 Å². The minimum absolute atomic E-state index is 0.105. The van der Waals surface area contributed by atoms with Gasteiger partial charge in [0.15, 0.2) is 0 Å². The normalized spacial score (nSPS) is 20.9. The maximum absolute atomic E-state index is 10.8. The molecule has 5 nitrogen and oxygen atoms in total. The molecule has 0 spiro atoms. The molecule has 1 aromatic rings. The average molecular weight is 273 g/mol. The Bertz CT molecular complexity index is 561. The maximum atomic E-state index is 10.8. The van der Waals surface area contributed by atoms with Crippen LogP contribution in [0.15, 0.2) is 18.2 Å². The molecule has 0 aliphatic heterocycles. The molecule has 1 atom stereocenters. The van der Waals surface area contributed by atoms with Gasteiger partial charge in [-0.25, -0.2) is 0 Å². The van der Waals surface area contributed by atoms with Crippen molar-refractivity contribution in [1.29, 1.82) is 5.26 Å². The van der Waals surface area contributed by atoms with Crippen LogP contribution in [0.2, 0.25) is 0 Å². The van der Waals surface area contributed by atoms with Crippen LogP contribution >= 0.6 is 0 Å². The molecule has 0 amide bonds. The largest absolute Gasteiger partial charge is 0.382 e. The molecule has 2 rings (SSSR count). The molecular weight excluding hydrogens is 254 g/mol. The molecule has 1 saturated carbocycles. The molecular formula is C15H19N3O2. The Kier molecular flexibility index (Phi) is 3.93. The van der Waals surface area contributed by atoms with Crippen molar-refractivity contribution >= 4 is 11.4 Å². The molecule has 0 radical (unpaired) electrons. The predicted molar refractivity (Wildman–Crippen MR) is 77.5 cm³/mol. The summed E-state index contributed by atoms with van der Waals surface area (Å²) in [5.41, 5.74) is 0.953. The fourth-order valence-corrected chi connectivity index (χ4v) is 2.84. The van der Waals surface area contributed by atoms with Gasteiger partial charge in [-0.3, -0.25) is 10.1 Å². The van der Waals surface area contributed by atoms with Gasteiger partial charge in [0.05, 0.1) is 4.92 Å². The first-order valence-corrected chi connectivity index (χ1v) is 6.89. The molecule has 1 N–H and O–H groups in total. The molecule has 5 heteroatoms. The summed E-state index contributed by atoms with van der Waals surface area (Å²) in [7, 11) is 0. The second-order valence-corrected chi connectivity index (χ2v) is 6.03. The van der Waals surface area contributed by atoms with E-state index in [1.165, 1.54) is 25.3 Å². The Balaban J connectivity index is 2.22. The molecule has 20 heavy (non-hydrogen) atoms. The van der Waals surface area contributed by atoms with Crippen LogP contribution < -0.4 is 5.32 Å². The molecule has 0 saturated heterocycles. The van der Waals surface area contributed by atoms with E-state index in [-0.39, 0.29) is 16.7 Å². The number of nitrogens with zero attached hydrogens (tertiary/aromatic N) is 2. The van der Waals surface area contributed by atoms with E-state index in [1.54, 1.807) is 12.1 Å². The van der Waals surface area contributed by atoms with Crippen molar-refractivity contribution < 1.29 is 4.92 Å². The first kappa shape index (κ1) is 14.3. The van der Waals surface area contributed by atoms with Crippen molar-refractivity contribution in [2.75, 3.05) is 5.32 Å². The zero-order valence-corrected chi connectivity index (χ0v) is 11.8. The molecule has 1 fully saturated rings. The number of nitrogens with one attached hydrogen (secondary N) is 1. The van der Waals surface area contributed by atoms with Gasteiger partial charge in [0.25, 0.3) is 5.69 Å². The minimum atomic E-state index is -0.521. The quantitative estimate of drug-likeness (QED) is 0.670. The summed E-state index contributed by atoms with van der Waals surface area (Å²) in [5, 5.41) is 23.3. The topological polar surface area (TPSA) is 79.0 Å². The van der Waals surface area contributed by atoms with Crippen LogP contribution in [0.5, 0.6) is 0 Å². The lowest BCUT2D eigenvalue weighted by atomic mass is 9.73. The summed E-state index contributed by atoms with van der Waals surface area (Å²) in [4.78, 5) is 10.3. The Morgan fingerprint density at radius 3 is 2.80 bits per heavy atom. The molecule has 106 valence electrons. The molecule has 1 aliphatic carbocycles. The number of benzene rings is 1. The summed E-state index contributed by atoms with van der Waals surface area (Å²) in [5.74, 6) is 0. The lowest BCUT2D eigenvalue weighted by Gasteiger charge is -2.39. The lowest BCUT2D eigenvalue weighted by Crippen LogP contribution is -2.38. The Labute approximate surface area is 118 Å². The van der Waals surface area contributed by atoms with Crippen LogP contribution in [-0.2, 0) is 0 Å². The Morgan fingerprint density at radius 2 is 2.20 bits per heavy atom. The number of nitro groups is 1. The summed E-state index contributed by atoms with van der Waals surface area (Å²) >= 11 is 0. The van der Waals surface area contributed by atoms with E-state index in [9.17, 15) is 10.1 Å². The number of rotatable bonds is 3. The maximum Gasteiger partial charge on any atom is 0.287 e. The van der Waals surface area contributed by atoms with E-state index < -0.39 is 4.92 Å². The fourth-order valence-electron chi connectivity index (χ4n) is 2.84. The number of nitriles is 1. The molecule has 1 aliphatic rings. The number of hydrogen-bond donors (Lipinski definition) is 1. The highest BCUT2D eigenvalue weighted by molar-refractivity contribution is 5.59. The monoisotopic (exact) mass is 273 g/mol. The molecule has 0 aromatic heterocycles. The zero-order chi connectivity index (χ0) is 14.8. The summed E-state index contributed by atoms with van der Waals surface area (Å²) < 4.78 is 0. The summed E-state index contributed by atoms with van der Waals surface area (Å²) in [6, 6.07) is 6.89. The SMILES string of the molecule is CC1(C)CCCCC1Nc1ccc([N+](=O)[O-])c(C#N)c1. The molecule has 1 aromatic carbocycles. The van der Waals surface area contributed by atoms with E-state index in [0.717, 1.165) is 12.1 Å². The van der Waals surface area contributed by atoms with Gasteiger partial charge in [-0.2, -0.15) is 5.26 Å². The first-order valence-electron chi connectivity index (χ1n) is 6.89. The van der Waals surface area contributed by atoms with Crippen molar-refractivity contribution in [3.8, 4) is 6.07 Å². The highest BCUT2D eigenvalue weighted by Crippen LogP contribution is 2.37. The molecule has 0 heterocycles. The third-order valence-electron chi connectivity index (χ3n) is 4.16. The van der Waals surface area contributed by atoms with Gasteiger partial charge >= 0.3 is 0 Å². The van der Waals surface area contributed by atoms with E-state index >= 15 is 0 Å². The minimum Gasteiger partial charge on any atom is -0.382 e. The van der Waals surface area contributed by atoms with Gasteiger partial charge in [0.2, 0.25) is 0 Å². The van der Waals surface area contributed by atoms with Crippen LogP contribution in [0.25, 0.3) is 0 Å². The van der Waals surface area contributed by atoms with E-state index in [1.807, 2.05) is 6.07 Å². The highest BCUT2D eigenvalue weighted by Gasteiger charge is 2.32. The third kappa shape index (κ3) is 2.90. The molecule has 0 bridgehead atoms. The Morgan fingerprint density at radius 1 is 1.45 bits per heavy atom. The summed E-state index contributed by atoms with van der Waals surface area (Å²) in [6.45, 7) is 4.47. The number of anilines is 1. The second-order valence-electron chi connectivity index (χ2n) is 6.03. The average Bonchev–Trinajstić information content (AvgIpc) is 2.40. The smallest absolute Gasteiger partial charge is 0.287 e. The van der Waals surface area contributed by atoms with Crippen molar-refractivity contribution in [2.24, 2.45) is 5.41 Å². The number of hydrogen-bond acceptors (Lipinski definition) is 4. The third-order valence-corrected chi connectivity index (χ3v) is 4.16. The van der Waals surface area contributed by atoms with Crippen LogP contribution in [0, 0.1) is 26.9 Å². The van der Waals surface area contributed by atoms with Crippen molar-refractivity contribution in [2.45, 2.75) is 45.6 Å². The fraction of sp³-hybridized carbons (Fsp3) is 0.533. The summed E-state index contributed by atoms with van der Waals surface area (Å²) in [6.07, 6.45) is 4.70. The standard InChI is InChI=1S/C15H19N3O2/c1-15(2)8-4-3-5-14(15)17-12-6-7-13(18(19)20)11(9-12)10-16/h6-7,9,14,17H,3-5,8H2,1-2H3. The van der Waals surface area contributed by atoms with Gasteiger partial charge in [-0.1, -0.05) is 26.7 Å². The van der Waals surface area contributed by atoms with Crippen LogP contribution in [0.3, 0.4) is 0 Å². The highest BCUT2D eigenvalue weighted by atomic mass is 16.6. The molecule has 1 unspecified atom stereocenters. The predicted octanol–water partition coefficient (Wildman–Crippen LogP) is 3.85. The van der Waals surface area contributed by atoms with Crippen LogP contribution in [0.1, 0.15) is 45.1 Å². The Hall–Kier alpha value is -2.09. The van der Waals surface area contributed by atoms with E-state index in [0.29, 0.717) is 6.04 Å². The van der Waals surface area contributed by atoms with Crippen molar-refractivity contribution in [3.05, 3.63) is 33.9 Å². The van der Waals surface area contributed by atoms with Crippen molar-refractivity contribution in [1.82, 2.24) is 0 Å².